The first-order valence-electron chi connectivity index (χ1n) is 5.25. The van der Waals surface area contributed by atoms with E-state index in [1.165, 1.54) is 7.11 Å². The average Bonchev–Trinajstić information content (AvgIpc) is 2.35. The highest BCUT2D eigenvalue weighted by atomic mass is 16.5. The molecule has 0 aliphatic carbocycles. The molecule has 2 N–H and O–H groups in total. The van der Waals surface area contributed by atoms with Crippen LogP contribution in [0.2, 0.25) is 0 Å². The van der Waals surface area contributed by atoms with Crippen molar-refractivity contribution in [3.8, 4) is 5.75 Å². The van der Waals surface area contributed by atoms with E-state index >= 15 is 0 Å². The molecule has 0 spiro atoms. The second kappa shape index (κ2) is 5.89. The van der Waals surface area contributed by atoms with Crippen LogP contribution >= 0.6 is 0 Å². The summed E-state index contributed by atoms with van der Waals surface area (Å²) >= 11 is 0. The molecule has 0 fully saturated rings. The van der Waals surface area contributed by atoms with E-state index in [0.29, 0.717) is 5.75 Å². The molecule has 0 saturated heterocycles. The molecule has 0 heterocycles. The molecule has 0 unspecified atom stereocenters. The standard InChI is InChI=1S/C12H15NO4/c1-3-8-4-5-10(17-2)9(6-8)7-13-11(14)12(15)16/h4-6H,3,7H2,1-2H3,(H,13,14)(H,15,16). The molecule has 0 radical (unpaired) electrons. The number of carbonyl (C=O) groups is 2. The van der Waals surface area contributed by atoms with Gasteiger partial charge >= 0.3 is 11.9 Å². The molecule has 1 rings (SSSR count). The van der Waals surface area contributed by atoms with E-state index in [1.54, 1.807) is 6.07 Å². The summed E-state index contributed by atoms with van der Waals surface area (Å²) in [5.74, 6) is -1.88. The van der Waals surface area contributed by atoms with Gasteiger partial charge in [-0.25, -0.2) is 4.79 Å². The second-order valence-electron chi connectivity index (χ2n) is 3.49. The van der Waals surface area contributed by atoms with Crippen LogP contribution in [-0.4, -0.2) is 24.1 Å². The van der Waals surface area contributed by atoms with Crippen molar-refractivity contribution in [1.29, 1.82) is 0 Å². The van der Waals surface area contributed by atoms with Crippen molar-refractivity contribution in [1.82, 2.24) is 5.32 Å². The Balaban J connectivity index is 2.81. The van der Waals surface area contributed by atoms with E-state index in [1.807, 2.05) is 19.1 Å². The second-order valence-corrected chi connectivity index (χ2v) is 3.49. The third-order valence-corrected chi connectivity index (χ3v) is 2.39. The summed E-state index contributed by atoms with van der Waals surface area (Å²) in [6.07, 6.45) is 0.865. The predicted molar refractivity (Wildman–Crippen MR) is 61.9 cm³/mol. The molecule has 0 bridgehead atoms. The van der Waals surface area contributed by atoms with Gasteiger partial charge in [0.25, 0.3) is 0 Å². The highest BCUT2D eigenvalue weighted by molar-refractivity contribution is 6.31. The minimum absolute atomic E-state index is 0.141. The van der Waals surface area contributed by atoms with Crippen molar-refractivity contribution in [2.24, 2.45) is 0 Å². The lowest BCUT2D eigenvalue weighted by Crippen LogP contribution is -2.30. The van der Waals surface area contributed by atoms with Crippen molar-refractivity contribution in [3.05, 3.63) is 29.3 Å². The number of ether oxygens (including phenoxy) is 1. The van der Waals surface area contributed by atoms with Gasteiger partial charge in [-0.15, -0.1) is 0 Å². The summed E-state index contributed by atoms with van der Waals surface area (Å²) in [5, 5.41) is 10.7. The van der Waals surface area contributed by atoms with Crippen LogP contribution in [-0.2, 0) is 22.6 Å². The number of aryl methyl sites for hydroxylation is 1. The zero-order chi connectivity index (χ0) is 12.8. The summed E-state index contributed by atoms with van der Waals surface area (Å²) in [6.45, 7) is 2.16. The first-order chi connectivity index (χ1) is 8.08. The zero-order valence-electron chi connectivity index (χ0n) is 9.82. The number of aliphatic carboxylic acids is 1. The van der Waals surface area contributed by atoms with Crippen molar-refractivity contribution >= 4 is 11.9 Å². The number of nitrogens with one attached hydrogen (secondary N) is 1. The summed E-state index contributed by atoms with van der Waals surface area (Å²) in [7, 11) is 1.53. The maximum absolute atomic E-state index is 10.9. The summed E-state index contributed by atoms with van der Waals surface area (Å²) in [6, 6.07) is 5.63. The van der Waals surface area contributed by atoms with Crippen molar-refractivity contribution in [2.75, 3.05) is 7.11 Å². The SMILES string of the molecule is CCc1ccc(OC)c(CNC(=O)C(=O)O)c1. The zero-order valence-corrected chi connectivity index (χ0v) is 9.82. The van der Waals surface area contributed by atoms with Crippen LogP contribution in [0.25, 0.3) is 0 Å². The van der Waals surface area contributed by atoms with Gasteiger partial charge in [0.05, 0.1) is 7.11 Å². The van der Waals surface area contributed by atoms with E-state index < -0.39 is 11.9 Å². The maximum Gasteiger partial charge on any atom is 0.394 e. The number of carbonyl (C=O) groups excluding carboxylic acids is 1. The fourth-order valence-corrected chi connectivity index (χ4v) is 1.44. The highest BCUT2D eigenvalue weighted by Gasteiger charge is 2.11. The maximum atomic E-state index is 10.9. The van der Waals surface area contributed by atoms with Crippen LogP contribution in [0.3, 0.4) is 0 Å². The van der Waals surface area contributed by atoms with Crippen molar-refractivity contribution in [2.45, 2.75) is 19.9 Å². The van der Waals surface area contributed by atoms with Crippen LogP contribution in [0.15, 0.2) is 18.2 Å². The number of methoxy groups -OCH3 is 1. The summed E-state index contributed by atoms with van der Waals surface area (Å²) in [4.78, 5) is 21.3. The Kier molecular flexibility index (Phi) is 4.51. The van der Waals surface area contributed by atoms with Gasteiger partial charge in [-0.1, -0.05) is 19.1 Å². The Morgan fingerprint density at radius 1 is 1.41 bits per heavy atom. The Labute approximate surface area is 99.4 Å². The molecular formula is C12H15NO4. The van der Waals surface area contributed by atoms with Crippen LogP contribution in [0.1, 0.15) is 18.1 Å². The number of amides is 1. The van der Waals surface area contributed by atoms with Crippen LogP contribution in [0, 0.1) is 0 Å². The first kappa shape index (κ1) is 13.0. The minimum Gasteiger partial charge on any atom is -0.496 e. The molecule has 0 aromatic heterocycles. The number of benzene rings is 1. The topological polar surface area (TPSA) is 75.6 Å². The normalized spacial score (nSPS) is 9.76. The van der Waals surface area contributed by atoms with Gasteiger partial charge in [0.15, 0.2) is 0 Å². The number of hydrogen-bond acceptors (Lipinski definition) is 3. The number of carboxylic acids is 1. The molecule has 17 heavy (non-hydrogen) atoms. The summed E-state index contributed by atoms with van der Waals surface area (Å²) in [5.41, 5.74) is 1.87. The fourth-order valence-electron chi connectivity index (χ4n) is 1.44. The van der Waals surface area contributed by atoms with Gasteiger partial charge in [-0.2, -0.15) is 0 Å². The van der Waals surface area contributed by atoms with Crippen LogP contribution in [0.4, 0.5) is 0 Å². The predicted octanol–water partition coefficient (Wildman–Crippen LogP) is 0.958. The molecule has 0 atom stereocenters. The van der Waals surface area contributed by atoms with E-state index in [4.69, 9.17) is 9.84 Å². The quantitative estimate of drug-likeness (QED) is 0.765. The fraction of sp³-hybridized carbons (Fsp3) is 0.333. The van der Waals surface area contributed by atoms with E-state index in [9.17, 15) is 9.59 Å². The molecule has 5 nitrogen and oxygen atoms in total. The Morgan fingerprint density at radius 3 is 2.65 bits per heavy atom. The Bertz CT molecular complexity index is 429. The molecule has 1 amide bonds. The lowest BCUT2D eigenvalue weighted by Gasteiger charge is -2.10. The van der Waals surface area contributed by atoms with Gasteiger partial charge in [0.2, 0.25) is 0 Å². The van der Waals surface area contributed by atoms with E-state index in [2.05, 4.69) is 5.32 Å². The van der Waals surface area contributed by atoms with Gasteiger partial charge in [0.1, 0.15) is 5.75 Å². The molecular weight excluding hydrogens is 222 g/mol. The molecule has 1 aromatic rings. The average molecular weight is 237 g/mol. The van der Waals surface area contributed by atoms with Crippen LogP contribution in [0.5, 0.6) is 5.75 Å². The third-order valence-electron chi connectivity index (χ3n) is 2.39. The van der Waals surface area contributed by atoms with Crippen molar-refractivity contribution < 1.29 is 19.4 Å². The van der Waals surface area contributed by atoms with Crippen LogP contribution < -0.4 is 10.1 Å². The Hall–Kier alpha value is -2.04. The molecule has 92 valence electrons. The minimum atomic E-state index is -1.49. The number of carboxylic acid groups (broad SMARTS) is 1. The van der Waals surface area contributed by atoms with Crippen molar-refractivity contribution in [3.63, 3.8) is 0 Å². The first-order valence-corrected chi connectivity index (χ1v) is 5.25. The third kappa shape index (κ3) is 3.48. The van der Waals surface area contributed by atoms with Gasteiger partial charge in [-0.05, 0) is 18.1 Å². The lowest BCUT2D eigenvalue weighted by atomic mass is 10.1. The molecule has 1 aromatic carbocycles. The molecule has 0 saturated carbocycles. The Morgan fingerprint density at radius 2 is 2.12 bits per heavy atom. The van der Waals surface area contributed by atoms with Gasteiger partial charge in [-0.3, -0.25) is 4.79 Å². The summed E-state index contributed by atoms with van der Waals surface area (Å²) < 4.78 is 5.14. The largest absolute Gasteiger partial charge is 0.496 e. The van der Waals surface area contributed by atoms with Gasteiger partial charge < -0.3 is 15.2 Å². The molecule has 0 aliphatic rings. The number of hydrogen-bond donors (Lipinski definition) is 2. The van der Waals surface area contributed by atoms with Gasteiger partial charge in [0, 0.05) is 12.1 Å². The lowest BCUT2D eigenvalue weighted by molar-refractivity contribution is -0.150. The highest BCUT2D eigenvalue weighted by Crippen LogP contribution is 2.19. The molecule has 0 aliphatic heterocycles. The molecule has 5 heteroatoms. The van der Waals surface area contributed by atoms with E-state index in [0.717, 1.165) is 17.5 Å². The smallest absolute Gasteiger partial charge is 0.394 e. The number of rotatable bonds is 4. The monoisotopic (exact) mass is 237 g/mol. The van der Waals surface area contributed by atoms with E-state index in [-0.39, 0.29) is 6.54 Å².